The molecule has 6 rings (SSSR count). The Bertz CT molecular complexity index is 1310. The number of rotatable bonds is 4. The molecule has 37 heavy (non-hydrogen) atoms. The molecule has 4 aliphatic rings. The Kier molecular flexibility index (Phi) is 5.54. The Morgan fingerprint density at radius 3 is 2.43 bits per heavy atom. The number of fused-ring (bicyclic) bond motifs is 4. The molecule has 4 atom stereocenters. The van der Waals surface area contributed by atoms with Crippen LogP contribution in [0.15, 0.2) is 48.5 Å². The van der Waals surface area contributed by atoms with E-state index < -0.39 is 35.2 Å². The van der Waals surface area contributed by atoms with E-state index in [0.717, 1.165) is 4.90 Å². The van der Waals surface area contributed by atoms with Crippen molar-refractivity contribution in [3.05, 3.63) is 54.1 Å². The van der Waals surface area contributed by atoms with E-state index in [9.17, 15) is 19.2 Å². The van der Waals surface area contributed by atoms with Crippen LogP contribution in [-0.2, 0) is 29.5 Å². The van der Waals surface area contributed by atoms with Crippen LogP contribution in [0, 0.1) is 11.8 Å². The van der Waals surface area contributed by atoms with Crippen LogP contribution >= 0.6 is 0 Å². The summed E-state index contributed by atoms with van der Waals surface area (Å²) in [4.78, 5) is 59.5. The molecule has 1 spiro atoms. The van der Waals surface area contributed by atoms with Crippen molar-refractivity contribution in [3.8, 4) is 5.75 Å². The summed E-state index contributed by atoms with van der Waals surface area (Å²) in [6.45, 7) is 3.52. The number of carbonyl (C=O) groups is 4. The molecule has 0 bridgehead atoms. The van der Waals surface area contributed by atoms with Gasteiger partial charge in [0, 0.05) is 30.4 Å². The molecule has 2 aromatic rings. The van der Waals surface area contributed by atoms with Gasteiger partial charge in [0.25, 0.3) is 5.91 Å². The molecule has 0 unspecified atom stereocenters. The Labute approximate surface area is 214 Å². The lowest BCUT2D eigenvalue weighted by atomic mass is 9.76. The fourth-order valence-corrected chi connectivity index (χ4v) is 6.37. The average molecular weight is 505 g/mol. The summed E-state index contributed by atoms with van der Waals surface area (Å²) < 4.78 is 10.8. The Morgan fingerprint density at radius 1 is 1.03 bits per heavy atom. The Hall–Kier alpha value is -3.76. The summed E-state index contributed by atoms with van der Waals surface area (Å²) in [5.41, 5.74) is 0.0904. The molecular formula is C27H28N4O6. The highest BCUT2D eigenvalue weighted by molar-refractivity contribution is 6.26. The minimum absolute atomic E-state index is 0.149. The second kappa shape index (κ2) is 8.67. The second-order valence-corrected chi connectivity index (χ2v) is 9.83. The number of para-hydroxylation sites is 3. The van der Waals surface area contributed by atoms with Gasteiger partial charge in [-0.15, -0.1) is 0 Å². The third kappa shape index (κ3) is 3.25. The molecule has 10 nitrogen and oxygen atoms in total. The first kappa shape index (κ1) is 23.6. The Morgan fingerprint density at radius 2 is 1.70 bits per heavy atom. The van der Waals surface area contributed by atoms with E-state index in [1.54, 1.807) is 53.4 Å². The number of amides is 4. The van der Waals surface area contributed by atoms with Gasteiger partial charge in [0.15, 0.2) is 0 Å². The number of ether oxygens (including phenoxy) is 2. The van der Waals surface area contributed by atoms with Crippen LogP contribution in [0.3, 0.4) is 0 Å². The van der Waals surface area contributed by atoms with Gasteiger partial charge in [-0.2, -0.15) is 0 Å². The minimum atomic E-state index is -1.45. The standard InChI is InChI=1S/C27H28N4O6/c1-16-22-23(25(34)31(24(22)33)19-9-5-6-10-20(19)36-2)27(28-16)17-7-3-4-8-18(17)30(26(27)35)15-21(32)29-11-13-37-14-12-29/h3-10,16,22-23,28H,11-15H2,1-2H3/t16-,22+,23-,27-/m0/s1. The molecule has 0 aromatic heterocycles. The maximum absolute atomic E-state index is 14.3. The van der Waals surface area contributed by atoms with Crippen molar-refractivity contribution in [2.45, 2.75) is 18.5 Å². The molecule has 0 radical (unpaired) electrons. The molecule has 3 fully saturated rings. The average Bonchev–Trinajstić information content (AvgIpc) is 3.47. The molecule has 4 amide bonds. The van der Waals surface area contributed by atoms with E-state index in [0.29, 0.717) is 49.0 Å². The van der Waals surface area contributed by atoms with E-state index in [1.165, 1.54) is 12.0 Å². The molecule has 0 aliphatic carbocycles. The number of methoxy groups -OCH3 is 1. The summed E-state index contributed by atoms with van der Waals surface area (Å²) in [6.07, 6.45) is 0. The molecule has 2 aromatic carbocycles. The number of morpholine rings is 1. The molecule has 1 N–H and O–H groups in total. The van der Waals surface area contributed by atoms with Crippen LogP contribution in [0.1, 0.15) is 12.5 Å². The second-order valence-electron chi connectivity index (χ2n) is 9.83. The smallest absolute Gasteiger partial charge is 0.253 e. The lowest BCUT2D eigenvalue weighted by Gasteiger charge is -2.31. The summed E-state index contributed by atoms with van der Waals surface area (Å²) in [6, 6.07) is 13.6. The van der Waals surface area contributed by atoms with Gasteiger partial charge in [0.2, 0.25) is 17.7 Å². The molecule has 10 heteroatoms. The molecule has 3 saturated heterocycles. The lowest BCUT2D eigenvalue weighted by molar-refractivity contribution is -0.136. The van der Waals surface area contributed by atoms with Gasteiger partial charge in [-0.05, 0) is 25.1 Å². The SMILES string of the molecule is COc1ccccc1N1C(=O)[C@@H]2[C@H](C)N[C@]3(C(=O)N(CC(=O)N4CCOCC4)c4ccccc43)[C@@H]2C1=O. The van der Waals surface area contributed by atoms with Gasteiger partial charge in [0.1, 0.15) is 17.8 Å². The highest BCUT2D eigenvalue weighted by Gasteiger charge is 2.71. The van der Waals surface area contributed by atoms with Crippen molar-refractivity contribution in [1.82, 2.24) is 10.2 Å². The number of carbonyl (C=O) groups excluding carboxylic acids is 4. The molecule has 4 heterocycles. The zero-order chi connectivity index (χ0) is 25.9. The predicted octanol–water partition coefficient (Wildman–Crippen LogP) is 0.893. The van der Waals surface area contributed by atoms with Gasteiger partial charge in [-0.25, -0.2) is 4.90 Å². The summed E-state index contributed by atoms with van der Waals surface area (Å²) in [5, 5.41) is 3.35. The minimum Gasteiger partial charge on any atom is -0.495 e. The lowest BCUT2D eigenvalue weighted by Crippen LogP contribution is -2.56. The Balaban J connectivity index is 1.41. The van der Waals surface area contributed by atoms with E-state index in [4.69, 9.17) is 9.47 Å². The van der Waals surface area contributed by atoms with Crippen LogP contribution < -0.4 is 19.9 Å². The normalized spacial score (nSPS) is 28.8. The first-order valence-corrected chi connectivity index (χ1v) is 12.5. The fourth-order valence-electron chi connectivity index (χ4n) is 6.37. The zero-order valence-electron chi connectivity index (χ0n) is 20.7. The summed E-state index contributed by atoms with van der Waals surface area (Å²) in [7, 11) is 1.48. The van der Waals surface area contributed by atoms with E-state index in [1.807, 2.05) is 6.92 Å². The van der Waals surface area contributed by atoms with Crippen molar-refractivity contribution in [1.29, 1.82) is 0 Å². The largest absolute Gasteiger partial charge is 0.495 e. The van der Waals surface area contributed by atoms with Crippen molar-refractivity contribution in [2.24, 2.45) is 11.8 Å². The van der Waals surface area contributed by atoms with E-state index in [2.05, 4.69) is 5.32 Å². The first-order valence-electron chi connectivity index (χ1n) is 12.5. The van der Waals surface area contributed by atoms with Crippen LogP contribution in [0.25, 0.3) is 0 Å². The van der Waals surface area contributed by atoms with Crippen LogP contribution in [0.5, 0.6) is 5.75 Å². The summed E-state index contributed by atoms with van der Waals surface area (Å²) >= 11 is 0. The molecule has 192 valence electrons. The number of benzene rings is 2. The first-order chi connectivity index (χ1) is 17.9. The number of nitrogens with one attached hydrogen (secondary N) is 1. The van der Waals surface area contributed by atoms with Crippen molar-refractivity contribution < 1.29 is 28.7 Å². The number of hydrogen-bond donors (Lipinski definition) is 1. The maximum atomic E-state index is 14.3. The van der Waals surface area contributed by atoms with Crippen molar-refractivity contribution in [3.63, 3.8) is 0 Å². The number of anilines is 2. The topological polar surface area (TPSA) is 108 Å². The number of imide groups is 1. The predicted molar refractivity (Wildman–Crippen MR) is 133 cm³/mol. The van der Waals surface area contributed by atoms with Gasteiger partial charge >= 0.3 is 0 Å². The quantitative estimate of drug-likeness (QED) is 0.616. The van der Waals surface area contributed by atoms with Crippen LogP contribution in [-0.4, -0.2) is 74.5 Å². The molecule has 4 aliphatic heterocycles. The highest BCUT2D eigenvalue weighted by Crippen LogP contribution is 2.55. The van der Waals surface area contributed by atoms with E-state index in [-0.39, 0.29) is 18.4 Å². The van der Waals surface area contributed by atoms with Crippen molar-refractivity contribution in [2.75, 3.05) is 49.8 Å². The number of hydrogen-bond acceptors (Lipinski definition) is 7. The van der Waals surface area contributed by atoms with Gasteiger partial charge < -0.3 is 19.3 Å². The van der Waals surface area contributed by atoms with Gasteiger partial charge in [0.05, 0.1) is 37.8 Å². The zero-order valence-corrected chi connectivity index (χ0v) is 20.7. The monoisotopic (exact) mass is 504 g/mol. The summed E-state index contributed by atoms with van der Waals surface area (Å²) in [5.74, 6) is -2.71. The van der Waals surface area contributed by atoms with Crippen LogP contribution in [0.4, 0.5) is 11.4 Å². The third-order valence-corrected chi connectivity index (χ3v) is 8.00. The van der Waals surface area contributed by atoms with Crippen molar-refractivity contribution >= 4 is 35.0 Å². The van der Waals surface area contributed by atoms with Crippen LogP contribution in [0.2, 0.25) is 0 Å². The molecule has 0 saturated carbocycles. The van der Waals surface area contributed by atoms with Gasteiger partial charge in [-0.1, -0.05) is 30.3 Å². The highest BCUT2D eigenvalue weighted by atomic mass is 16.5. The van der Waals surface area contributed by atoms with Gasteiger partial charge in [-0.3, -0.25) is 24.5 Å². The molecular weight excluding hydrogens is 476 g/mol. The number of nitrogens with zero attached hydrogens (tertiary/aromatic N) is 3. The maximum Gasteiger partial charge on any atom is 0.253 e. The fraction of sp³-hybridized carbons (Fsp3) is 0.407. The third-order valence-electron chi connectivity index (χ3n) is 8.00. The van der Waals surface area contributed by atoms with E-state index >= 15 is 0 Å².